The number of rotatable bonds is 3. The van der Waals surface area contributed by atoms with Crippen LogP contribution in [0.4, 0.5) is 0 Å². The van der Waals surface area contributed by atoms with Gasteiger partial charge >= 0.3 is 0 Å². The summed E-state index contributed by atoms with van der Waals surface area (Å²) in [5.41, 5.74) is 2.31. The van der Waals surface area contributed by atoms with Crippen LogP contribution in [-0.2, 0) is 0 Å². The highest BCUT2D eigenvalue weighted by atomic mass is 32.2. The Labute approximate surface area is 61.0 Å². The number of nitrogens with zero attached hydrogens (tertiary/aromatic N) is 1. The highest BCUT2D eigenvalue weighted by Crippen LogP contribution is 1.97. The van der Waals surface area contributed by atoms with Crippen LogP contribution < -0.4 is 0 Å². The maximum atomic E-state index is 2.34. The Morgan fingerprint density at radius 1 is 1.22 bits per heavy atom. The van der Waals surface area contributed by atoms with Crippen molar-refractivity contribution in [3.8, 4) is 0 Å². The van der Waals surface area contributed by atoms with Crippen LogP contribution in [0.2, 0.25) is 0 Å². The monoisotopic (exact) mass is 147 g/mol. The molecule has 0 aliphatic rings. The van der Waals surface area contributed by atoms with Crippen LogP contribution in [0.15, 0.2) is 0 Å². The molecule has 0 bridgehead atoms. The molecule has 1 nitrogen and oxygen atoms in total. The topological polar surface area (TPSA) is 3.24 Å². The van der Waals surface area contributed by atoms with Gasteiger partial charge in [-0.1, -0.05) is 13.8 Å². The van der Waals surface area contributed by atoms with E-state index in [0.717, 1.165) is 13.1 Å². The minimum absolute atomic E-state index is 0.456. The Hall–Kier alpha value is 0.180. The van der Waals surface area contributed by atoms with Gasteiger partial charge in [0, 0.05) is 18.6 Å². The fourth-order valence-corrected chi connectivity index (χ4v) is 1.57. The lowest BCUT2D eigenvalue weighted by Crippen LogP contribution is -2.20. The minimum Gasteiger partial charge on any atom is -0.277 e. The number of hydrogen-bond acceptors (Lipinski definition) is 0. The van der Waals surface area contributed by atoms with Gasteiger partial charge in [-0.3, -0.25) is 4.90 Å². The maximum Gasteiger partial charge on any atom is 0.00356 e. The lowest BCUT2D eigenvalue weighted by Gasteiger charge is -2.12. The van der Waals surface area contributed by atoms with Crippen molar-refractivity contribution in [2.75, 3.05) is 25.6 Å². The van der Waals surface area contributed by atoms with Crippen molar-refractivity contribution in [3.63, 3.8) is 0 Å². The standard InChI is InChI=1S/C7H17NS/c1-5-8(6-2)7-9(3)4/h7H,5-6H2,1-4H3. The molecule has 0 heterocycles. The van der Waals surface area contributed by atoms with Crippen molar-refractivity contribution in [2.45, 2.75) is 13.8 Å². The van der Waals surface area contributed by atoms with Gasteiger partial charge in [0.15, 0.2) is 0 Å². The van der Waals surface area contributed by atoms with E-state index in [1.165, 1.54) is 0 Å². The van der Waals surface area contributed by atoms with Gasteiger partial charge in [-0.2, -0.15) is 10.5 Å². The van der Waals surface area contributed by atoms with Crippen molar-refractivity contribution >= 4 is 16.0 Å². The van der Waals surface area contributed by atoms with Crippen molar-refractivity contribution in [2.24, 2.45) is 0 Å². The molecule has 0 aromatic heterocycles. The Bertz CT molecular complexity index is 91.1. The minimum atomic E-state index is 0.456. The fraction of sp³-hybridized carbons (Fsp3) is 0.857. The molecule has 0 aliphatic carbocycles. The molecule has 56 valence electrons. The molecule has 0 spiro atoms. The van der Waals surface area contributed by atoms with Crippen molar-refractivity contribution in [3.05, 3.63) is 0 Å². The molecule has 9 heavy (non-hydrogen) atoms. The van der Waals surface area contributed by atoms with Gasteiger partial charge in [0.05, 0.1) is 0 Å². The largest absolute Gasteiger partial charge is 0.277 e. The quantitative estimate of drug-likeness (QED) is 0.548. The normalized spacial score (nSPS) is 10.9. The maximum absolute atomic E-state index is 2.34. The van der Waals surface area contributed by atoms with Gasteiger partial charge in [-0.05, 0) is 12.5 Å². The van der Waals surface area contributed by atoms with Crippen molar-refractivity contribution in [1.29, 1.82) is 0 Å². The second-order valence-electron chi connectivity index (χ2n) is 2.21. The van der Waals surface area contributed by atoms with Gasteiger partial charge in [-0.25, -0.2) is 0 Å². The summed E-state index contributed by atoms with van der Waals surface area (Å²) in [5, 5.41) is 0. The highest BCUT2D eigenvalue weighted by molar-refractivity contribution is 8.13. The molecule has 0 amide bonds. The van der Waals surface area contributed by atoms with Crippen LogP contribution in [0, 0.1) is 0 Å². The SMILES string of the molecule is CCN(C=S(C)C)CC. The molecule has 0 aliphatic heterocycles. The van der Waals surface area contributed by atoms with Crippen LogP contribution in [-0.4, -0.2) is 36.0 Å². The molecule has 0 saturated carbocycles. The zero-order valence-electron chi connectivity index (χ0n) is 6.85. The first-order chi connectivity index (χ1) is 4.20. The molecular formula is C7H17NS. The third kappa shape index (κ3) is 4.67. The van der Waals surface area contributed by atoms with Crippen LogP contribution in [0.1, 0.15) is 13.8 Å². The molecule has 0 radical (unpaired) electrons. The fourth-order valence-electron chi connectivity index (χ4n) is 0.671. The van der Waals surface area contributed by atoms with E-state index in [2.05, 4.69) is 36.8 Å². The van der Waals surface area contributed by atoms with E-state index in [4.69, 9.17) is 0 Å². The first kappa shape index (κ1) is 9.18. The van der Waals surface area contributed by atoms with Crippen LogP contribution in [0.3, 0.4) is 0 Å². The predicted molar refractivity (Wildman–Crippen MR) is 48.4 cm³/mol. The summed E-state index contributed by atoms with van der Waals surface area (Å²) in [6, 6.07) is 0. The molecule has 0 fully saturated rings. The van der Waals surface area contributed by atoms with E-state index < -0.39 is 0 Å². The average Bonchev–Trinajstić information content (AvgIpc) is 1.82. The van der Waals surface area contributed by atoms with Crippen molar-refractivity contribution < 1.29 is 0 Å². The first-order valence-electron chi connectivity index (χ1n) is 3.36. The molecule has 0 unspecified atom stereocenters. The van der Waals surface area contributed by atoms with Gasteiger partial charge in [0.2, 0.25) is 0 Å². The van der Waals surface area contributed by atoms with Gasteiger partial charge in [-0.15, -0.1) is 0 Å². The summed E-state index contributed by atoms with van der Waals surface area (Å²) < 4.78 is 0. The second-order valence-corrected chi connectivity index (χ2v) is 4.18. The molecule has 0 aromatic rings. The van der Waals surface area contributed by atoms with Crippen molar-refractivity contribution in [1.82, 2.24) is 4.90 Å². The molecule has 0 N–H and O–H groups in total. The summed E-state index contributed by atoms with van der Waals surface area (Å²) in [6.07, 6.45) is 4.47. The summed E-state index contributed by atoms with van der Waals surface area (Å²) >= 11 is 0. The molecule has 0 aromatic carbocycles. The van der Waals surface area contributed by atoms with E-state index in [0.29, 0.717) is 10.5 Å². The lowest BCUT2D eigenvalue weighted by atomic mass is 10.6. The molecule has 0 saturated heterocycles. The van der Waals surface area contributed by atoms with E-state index in [1.807, 2.05) is 0 Å². The summed E-state index contributed by atoms with van der Waals surface area (Å²) in [6.45, 7) is 6.66. The van der Waals surface area contributed by atoms with Crippen LogP contribution in [0.5, 0.6) is 0 Å². The summed E-state index contributed by atoms with van der Waals surface area (Å²) in [7, 11) is 0.456. The van der Waals surface area contributed by atoms with Gasteiger partial charge in [0.25, 0.3) is 0 Å². The molecule has 0 atom stereocenters. The second kappa shape index (κ2) is 5.00. The Morgan fingerprint density at radius 3 is 1.78 bits per heavy atom. The highest BCUT2D eigenvalue weighted by Gasteiger charge is 1.90. The number of hydrogen-bond donors (Lipinski definition) is 0. The first-order valence-corrected chi connectivity index (χ1v) is 5.46. The third-order valence-corrected chi connectivity index (χ3v) is 1.89. The lowest BCUT2D eigenvalue weighted by molar-refractivity contribution is 0.486. The zero-order chi connectivity index (χ0) is 7.28. The van der Waals surface area contributed by atoms with Gasteiger partial charge in [0.1, 0.15) is 0 Å². The molecule has 0 rings (SSSR count). The van der Waals surface area contributed by atoms with E-state index in [9.17, 15) is 0 Å². The van der Waals surface area contributed by atoms with E-state index >= 15 is 0 Å². The van der Waals surface area contributed by atoms with E-state index in [-0.39, 0.29) is 0 Å². The van der Waals surface area contributed by atoms with Gasteiger partial charge < -0.3 is 0 Å². The molecular weight excluding hydrogens is 130 g/mol. The summed E-state index contributed by atoms with van der Waals surface area (Å²) in [5.74, 6) is 0. The smallest absolute Gasteiger partial charge is 0.00356 e. The third-order valence-electron chi connectivity index (χ3n) is 1.17. The predicted octanol–water partition coefficient (Wildman–Crippen LogP) is 1.62. The Morgan fingerprint density at radius 2 is 1.67 bits per heavy atom. The summed E-state index contributed by atoms with van der Waals surface area (Å²) in [4.78, 5) is 2.34. The van der Waals surface area contributed by atoms with Crippen LogP contribution in [0.25, 0.3) is 0 Å². The average molecular weight is 147 g/mol. The zero-order valence-corrected chi connectivity index (χ0v) is 7.66. The Balaban J connectivity index is 3.68. The Kier molecular flexibility index (Phi) is 5.10. The molecule has 2 heteroatoms. The van der Waals surface area contributed by atoms with Crippen LogP contribution >= 0.6 is 10.5 Å². The van der Waals surface area contributed by atoms with E-state index in [1.54, 1.807) is 0 Å².